The zero-order chi connectivity index (χ0) is 10.7. The van der Waals surface area contributed by atoms with Crippen molar-refractivity contribution in [2.45, 2.75) is 50.9 Å². The van der Waals surface area contributed by atoms with Crippen LogP contribution >= 0.6 is 0 Å². The second kappa shape index (κ2) is 4.75. The van der Waals surface area contributed by atoms with Crippen LogP contribution in [0.5, 0.6) is 0 Å². The second-order valence-electron chi connectivity index (χ2n) is 4.34. The van der Waals surface area contributed by atoms with E-state index >= 15 is 0 Å². The summed E-state index contributed by atoms with van der Waals surface area (Å²) < 4.78 is 5.29. The van der Waals surface area contributed by atoms with Crippen LogP contribution in [0.4, 0.5) is 0 Å². The molecule has 0 aliphatic heterocycles. The van der Waals surface area contributed by atoms with Crippen LogP contribution in [0.15, 0.2) is 4.52 Å². The largest absolute Gasteiger partial charge is 0.339 e. The number of hydrogen-bond acceptors (Lipinski definition) is 4. The monoisotopic (exact) mass is 209 g/mol. The number of nitrogens with two attached hydrogens (primary N) is 1. The molecule has 2 N–H and O–H groups in total. The van der Waals surface area contributed by atoms with Crippen molar-refractivity contribution in [3.8, 4) is 0 Å². The molecule has 0 spiro atoms. The van der Waals surface area contributed by atoms with Gasteiger partial charge in [-0.3, -0.25) is 0 Å². The minimum absolute atomic E-state index is 0.247. The van der Waals surface area contributed by atoms with E-state index in [-0.39, 0.29) is 5.92 Å². The van der Waals surface area contributed by atoms with E-state index < -0.39 is 0 Å². The van der Waals surface area contributed by atoms with Gasteiger partial charge in [0.2, 0.25) is 5.89 Å². The van der Waals surface area contributed by atoms with Crippen LogP contribution < -0.4 is 5.73 Å². The van der Waals surface area contributed by atoms with Gasteiger partial charge in [-0.1, -0.05) is 24.9 Å². The van der Waals surface area contributed by atoms with E-state index in [0.717, 1.165) is 24.6 Å². The SMILES string of the molecule is CCCC(CN)c1nc(C2CCC2)no1. The Labute approximate surface area is 90.2 Å². The summed E-state index contributed by atoms with van der Waals surface area (Å²) in [5, 5.41) is 4.05. The summed E-state index contributed by atoms with van der Waals surface area (Å²) in [5.74, 6) is 2.42. The van der Waals surface area contributed by atoms with Crippen LogP contribution in [-0.4, -0.2) is 16.7 Å². The van der Waals surface area contributed by atoms with E-state index in [2.05, 4.69) is 17.1 Å². The molecular formula is C11H19N3O. The summed E-state index contributed by atoms with van der Waals surface area (Å²) in [5.41, 5.74) is 5.69. The Morgan fingerprint density at radius 2 is 2.33 bits per heavy atom. The first kappa shape index (κ1) is 10.6. The smallest absolute Gasteiger partial charge is 0.231 e. The summed E-state index contributed by atoms with van der Waals surface area (Å²) in [6.45, 7) is 2.74. The lowest BCUT2D eigenvalue weighted by Crippen LogP contribution is -2.14. The maximum Gasteiger partial charge on any atom is 0.231 e. The topological polar surface area (TPSA) is 64.9 Å². The highest BCUT2D eigenvalue weighted by atomic mass is 16.5. The van der Waals surface area contributed by atoms with Gasteiger partial charge in [0, 0.05) is 12.5 Å². The lowest BCUT2D eigenvalue weighted by molar-refractivity contribution is 0.330. The normalized spacial score (nSPS) is 18.8. The highest BCUT2D eigenvalue weighted by Crippen LogP contribution is 2.35. The Morgan fingerprint density at radius 1 is 1.53 bits per heavy atom. The number of aromatic nitrogens is 2. The van der Waals surface area contributed by atoms with Crippen molar-refractivity contribution in [3.63, 3.8) is 0 Å². The average Bonchev–Trinajstić information content (AvgIpc) is 2.60. The zero-order valence-corrected chi connectivity index (χ0v) is 9.28. The first-order valence-corrected chi connectivity index (χ1v) is 5.88. The van der Waals surface area contributed by atoms with Gasteiger partial charge in [0.25, 0.3) is 0 Å². The predicted octanol–water partition coefficient (Wildman–Crippen LogP) is 2.18. The van der Waals surface area contributed by atoms with Crippen molar-refractivity contribution in [3.05, 3.63) is 11.7 Å². The average molecular weight is 209 g/mol. The fraction of sp³-hybridized carbons (Fsp3) is 0.818. The van der Waals surface area contributed by atoms with Gasteiger partial charge in [-0.2, -0.15) is 4.98 Å². The van der Waals surface area contributed by atoms with Crippen molar-refractivity contribution in [2.24, 2.45) is 5.73 Å². The van der Waals surface area contributed by atoms with Crippen molar-refractivity contribution in [1.29, 1.82) is 0 Å². The maximum atomic E-state index is 5.69. The summed E-state index contributed by atoms with van der Waals surface area (Å²) in [6.07, 6.45) is 5.84. The number of hydrogen-bond donors (Lipinski definition) is 1. The van der Waals surface area contributed by atoms with Crippen molar-refractivity contribution < 1.29 is 4.52 Å². The molecule has 1 aliphatic rings. The summed E-state index contributed by atoms with van der Waals surface area (Å²) >= 11 is 0. The molecule has 0 saturated heterocycles. The van der Waals surface area contributed by atoms with Crippen LogP contribution in [0, 0.1) is 0 Å². The van der Waals surface area contributed by atoms with Crippen LogP contribution in [0.2, 0.25) is 0 Å². The molecule has 2 rings (SSSR count). The third-order valence-corrected chi connectivity index (χ3v) is 3.20. The molecule has 0 radical (unpaired) electrons. The molecule has 1 fully saturated rings. The fourth-order valence-corrected chi connectivity index (χ4v) is 1.94. The molecule has 1 atom stereocenters. The standard InChI is InChI=1S/C11H19N3O/c1-2-4-9(7-12)11-13-10(14-15-11)8-5-3-6-8/h8-9H,2-7,12H2,1H3. The highest BCUT2D eigenvalue weighted by molar-refractivity contribution is 5.02. The van der Waals surface area contributed by atoms with Crippen LogP contribution in [0.25, 0.3) is 0 Å². The lowest BCUT2D eigenvalue weighted by Gasteiger charge is -2.21. The summed E-state index contributed by atoms with van der Waals surface area (Å²) in [4.78, 5) is 4.46. The van der Waals surface area contributed by atoms with Gasteiger partial charge in [0.1, 0.15) is 0 Å². The molecule has 0 bridgehead atoms. The van der Waals surface area contributed by atoms with Crippen LogP contribution in [-0.2, 0) is 0 Å². The van der Waals surface area contributed by atoms with Gasteiger partial charge in [-0.25, -0.2) is 0 Å². The molecule has 0 amide bonds. The zero-order valence-electron chi connectivity index (χ0n) is 9.28. The van der Waals surface area contributed by atoms with Crippen molar-refractivity contribution in [1.82, 2.24) is 10.1 Å². The van der Waals surface area contributed by atoms with Gasteiger partial charge in [0.15, 0.2) is 5.82 Å². The quantitative estimate of drug-likeness (QED) is 0.807. The second-order valence-corrected chi connectivity index (χ2v) is 4.34. The van der Waals surface area contributed by atoms with E-state index in [1.807, 2.05) is 0 Å². The van der Waals surface area contributed by atoms with E-state index in [4.69, 9.17) is 10.3 Å². The Morgan fingerprint density at radius 3 is 2.87 bits per heavy atom. The molecule has 4 nitrogen and oxygen atoms in total. The Kier molecular flexibility index (Phi) is 3.36. The fourth-order valence-electron chi connectivity index (χ4n) is 1.94. The highest BCUT2D eigenvalue weighted by Gasteiger charge is 2.26. The first-order chi connectivity index (χ1) is 7.35. The molecule has 4 heteroatoms. The predicted molar refractivity (Wildman–Crippen MR) is 57.6 cm³/mol. The maximum absolute atomic E-state index is 5.69. The van der Waals surface area contributed by atoms with Gasteiger partial charge >= 0.3 is 0 Å². The number of nitrogens with zero attached hydrogens (tertiary/aromatic N) is 2. The molecule has 1 heterocycles. The van der Waals surface area contributed by atoms with Crippen LogP contribution in [0.1, 0.15) is 62.6 Å². The molecule has 0 aromatic carbocycles. The van der Waals surface area contributed by atoms with Crippen LogP contribution in [0.3, 0.4) is 0 Å². The van der Waals surface area contributed by atoms with Gasteiger partial charge < -0.3 is 10.3 Å². The molecule has 84 valence electrons. The summed E-state index contributed by atoms with van der Waals surface area (Å²) in [6, 6.07) is 0. The van der Waals surface area contributed by atoms with E-state index in [0.29, 0.717) is 12.5 Å². The van der Waals surface area contributed by atoms with E-state index in [9.17, 15) is 0 Å². The molecule has 1 saturated carbocycles. The molecule has 1 aromatic rings. The first-order valence-electron chi connectivity index (χ1n) is 5.88. The van der Waals surface area contributed by atoms with Gasteiger partial charge in [-0.15, -0.1) is 0 Å². The van der Waals surface area contributed by atoms with Crippen molar-refractivity contribution in [2.75, 3.05) is 6.54 Å². The Bertz CT molecular complexity index is 307. The summed E-state index contributed by atoms with van der Waals surface area (Å²) in [7, 11) is 0. The van der Waals surface area contributed by atoms with Gasteiger partial charge in [0.05, 0.1) is 5.92 Å². The van der Waals surface area contributed by atoms with E-state index in [1.165, 1.54) is 19.3 Å². The lowest BCUT2D eigenvalue weighted by atomic mass is 9.85. The Balaban J connectivity index is 2.03. The Hall–Kier alpha value is -0.900. The molecule has 1 aliphatic carbocycles. The molecule has 15 heavy (non-hydrogen) atoms. The number of rotatable bonds is 5. The molecule has 1 unspecified atom stereocenters. The van der Waals surface area contributed by atoms with E-state index in [1.54, 1.807) is 0 Å². The third-order valence-electron chi connectivity index (χ3n) is 3.20. The minimum atomic E-state index is 0.247. The molecule has 1 aromatic heterocycles. The van der Waals surface area contributed by atoms with Gasteiger partial charge in [-0.05, 0) is 19.3 Å². The third kappa shape index (κ3) is 2.20. The minimum Gasteiger partial charge on any atom is -0.339 e. The van der Waals surface area contributed by atoms with Crippen molar-refractivity contribution >= 4 is 0 Å². The molecular weight excluding hydrogens is 190 g/mol.